The number of aromatic nitrogens is 4. The first kappa shape index (κ1) is 16.9. The van der Waals surface area contributed by atoms with Crippen molar-refractivity contribution in [2.75, 3.05) is 0 Å². The van der Waals surface area contributed by atoms with Crippen LogP contribution in [0.4, 0.5) is 0 Å². The molecule has 0 radical (unpaired) electrons. The molecule has 0 aliphatic heterocycles. The van der Waals surface area contributed by atoms with Crippen LogP contribution >= 0.6 is 0 Å². The molecule has 0 saturated heterocycles. The quantitative estimate of drug-likeness (QED) is 0.654. The van der Waals surface area contributed by atoms with Crippen LogP contribution in [0.1, 0.15) is 56.1 Å². The van der Waals surface area contributed by atoms with Crippen LogP contribution in [0.3, 0.4) is 0 Å². The standard InChI is InChI=1S/C15H17N5O5S/c1-8(2)13-17-11(20-25-13)7-16-26(21,22)12-6-5-10(23-12)15-19-18-14(24-15)9-3-4-9/h5-6,8-9,16H,3-4,7H2,1-2H3. The number of furan rings is 1. The molecule has 1 aliphatic rings. The highest BCUT2D eigenvalue weighted by atomic mass is 32.2. The molecule has 3 aromatic heterocycles. The van der Waals surface area contributed by atoms with Crippen LogP contribution < -0.4 is 4.72 Å². The summed E-state index contributed by atoms with van der Waals surface area (Å²) >= 11 is 0. The van der Waals surface area contributed by atoms with Gasteiger partial charge in [0.15, 0.2) is 11.6 Å². The Morgan fingerprint density at radius 3 is 2.73 bits per heavy atom. The minimum absolute atomic E-state index is 0.0652. The van der Waals surface area contributed by atoms with Gasteiger partial charge in [-0.3, -0.25) is 0 Å². The molecule has 1 saturated carbocycles. The Kier molecular flexibility index (Phi) is 4.11. The molecule has 26 heavy (non-hydrogen) atoms. The molecule has 1 aliphatic carbocycles. The van der Waals surface area contributed by atoms with Gasteiger partial charge < -0.3 is 13.4 Å². The second-order valence-corrected chi connectivity index (χ2v) is 8.06. The van der Waals surface area contributed by atoms with Gasteiger partial charge in [0, 0.05) is 11.8 Å². The molecule has 138 valence electrons. The summed E-state index contributed by atoms with van der Waals surface area (Å²) < 4.78 is 43.0. The molecule has 3 aromatic rings. The first-order valence-electron chi connectivity index (χ1n) is 8.18. The number of nitrogens with one attached hydrogen (secondary N) is 1. The summed E-state index contributed by atoms with van der Waals surface area (Å²) in [6.07, 6.45) is 2.05. The molecule has 10 nitrogen and oxygen atoms in total. The van der Waals surface area contributed by atoms with Crippen LogP contribution in [0, 0.1) is 0 Å². The maximum Gasteiger partial charge on any atom is 0.283 e. The fraction of sp³-hybridized carbons (Fsp3) is 0.467. The van der Waals surface area contributed by atoms with E-state index >= 15 is 0 Å². The van der Waals surface area contributed by atoms with Gasteiger partial charge in [0.2, 0.25) is 16.9 Å². The predicted molar refractivity (Wildman–Crippen MR) is 86.4 cm³/mol. The molecular formula is C15H17N5O5S. The zero-order valence-corrected chi connectivity index (χ0v) is 15.0. The zero-order valence-electron chi connectivity index (χ0n) is 14.2. The van der Waals surface area contributed by atoms with E-state index in [0.717, 1.165) is 12.8 Å². The van der Waals surface area contributed by atoms with Crippen molar-refractivity contribution >= 4 is 10.0 Å². The highest BCUT2D eigenvalue weighted by Crippen LogP contribution is 2.40. The van der Waals surface area contributed by atoms with Crippen LogP contribution in [0.25, 0.3) is 11.7 Å². The highest BCUT2D eigenvalue weighted by Gasteiger charge is 2.30. The van der Waals surface area contributed by atoms with Gasteiger partial charge in [-0.25, -0.2) is 13.1 Å². The van der Waals surface area contributed by atoms with Crippen LogP contribution in [0.5, 0.6) is 0 Å². The van der Waals surface area contributed by atoms with Crippen molar-refractivity contribution in [3.05, 3.63) is 29.7 Å². The summed E-state index contributed by atoms with van der Waals surface area (Å²) in [5.41, 5.74) is 0. The second kappa shape index (κ2) is 6.32. The van der Waals surface area contributed by atoms with E-state index in [1.807, 2.05) is 13.8 Å². The van der Waals surface area contributed by atoms with E-state index in [0.29, 0.717) is 17.7 Å². The fourth-order valence-electron chi connectivity index (χ4n) is 2.21. The Bertz CT molecular complexity index is 1010. The molecule has 0 spiro atoms. The topological polar surface area (TPSA) is 137 Å². The Morgan fingerprint density at radius 1 is 1.23 bits per heavy atom. The van der Waals surface area contributed by atoms with Gasteiger partial charge in [0.1, 0.15) is 0 Å². The van der Waals surface area contributed by atoms with Crippen molar-refractivity contribution in [2.24, 2.45) is 0 Å². The third-order valence-corrected chi connectivity index (χ3v) is 5.10. The minimum Gasteiger partial charge on any atom is -0.438 e. The molecule has 0 atom stereocenters. The monoisotopic (exact) mass is 379 g/mol. The van der Waals surface area contributed by atoms with E-state index in [-0.39, 0.29) is 35.0 Å². The summed E-state index contributed by atoms with van der Waals surface area (Å²) in [5.74, 6) is 1.98. The zero-order chi connectivity index (χ0) is 18.3. The molecule has 11 heteroatoms. The number of nitrogens with zero attached hydrogens (tertiary/aromatic N) is 4. The van der Waals surface area contributed by atoms with Crippen molar-refractivity contribution in [1.82, 2.24) is 25.1 Å². The van der Waals surface area contributed by atoms with Gasteiger partial charge >= 0.3 is 0 Å². The fourth-order valence-corrected chi connectivity index (χ4v) is 3.12. The number of rotatable bonds is 7. The average Bonchev–Trinajstić information content (AvgIpc) is 3.07. The van der Waals surface area contributed by atoms with E-state index in [9.17, 15) is 8.42 Å². The van der Waals surface area contributed by atoms with Crippen molar-refractivity contribution in [3.8, 4) is 11.7 Å². The van der Waals surface area contributed by atoms with Crippen LogP contribution in [-0.4, -0.2) is 28.8 Å². The van der Waals surface area contributed by atoms with Gasteiger partial charge in [0.25, 0.3) is 15.9 Å². The number of hydrogen-bond donors (Lipinski definition) is 1. The first-order chi connectivity index (χ1) is 12.4. The SMILES string of the molecule is CC(C)c1nc(CNS(=O)(=O)c2ccc(-c3nnc(C4CC4)o3)o2)no1. The Morgan fingerprint density at radius 2 is 2.04 bits per heavy atom. The van der Waals surface area contributed by atoms with E-state index in [1.54, 1.807) is 0 Å². The molecule has 0 unspecified atom stereocenters. The van der Waals surface area contributed by atoms with Crippen molar-refractivity contribution in [1.29, 1.82) is 0 Å². The molecule has 0 bridgehead atoms. The Balaban J connectivity index is 1.46. The molecule has 0 amide bonds. The molecular weight excluding hydrogens is 362 g/mol. The summed E-state index contributed by atoms with van der Waals surface area (Å²) in [6, 6.07) is 2.80. The Labute approximate surface area is 149 Å². The van der Waals surface area contributed by atoms with Gasteiger partial charge in [0.05, 0.1) is 6.54 Å². The van der Waals surface area contributed by atoms with Crippen LogP contribution in [-0.2, 0) is 16.6 Å². The third kappa shape index (κ3) is 3.40. The van der Waals surface area contributed by atoms with E-state index in [4.69, 9.17) is 13.4 Å². The minimum atomic E-state index is -3.88. The summed E-state index contributed by atoms with van der Waals surface area (Å²) in [6.45, 7) is 3.69. The van der Waals surface area contributed by atoms with Crippen molar-refractivity contribution < 1.29 is 21.8 Å². The lowest BCUT2D eigenvalue weighted by Gasteiger charge is -2.00. The molecule has 4 rings (SSSR count). The molecule has 1 fully saturated rings. The van der Waals surface area contributed by atoms with Crippen molar-refractivity contribution in [3.63, 3.8) is 0 Å². The van der Waals surface area contributed by atoms with Crippen LogP contribution in [0.15, 0.2) is 30.6 Å². The molecule has 3 heterocycles. The predicted octanol–water partition coefficient (Wildman–Crippen LogP) is 2.19. The van der Waals surface area contributed by atoms with Gasteiger partial charge in [-0.05, 0) is 25.0 Å². The molecule has 1 N–H and O–H groups in total. The molecule has 0 aromatic carbocycles. The average molecular weight is 379 g/mol. The third-order valence-electron chi connectivity index (χ3n) is 3.82. The lowest BCUT2D eigenvalue weighted by atomic mass is 10.2. The van der Waals surface area contributed by atoms with E-state index < -0.39 is 10.0 Å². The lowest BCUT2D eigenvalue weighted by molar-refractivity contribution is 0.360. The second-order valence-electron chi connectivity index (χ2n) is 6.37. The first-order valence-corrected chi connectivity index (χ1v) is 9.66. The van der Waals surface area contributed by atoms with E-state index in [2.05, 4.69) is 25.1 Å². The maximum absolute atomic E-state index is 12.4. The summed E-state index contributed by atoms with van der Waals surface area (Å²) in [7, 11) is -3.88. The summed E-state index contributed by atoms with van der Waals surface area (Å²) in [5, 5.41) is 11.3. The Hall–Kier alpha value is -2.53. The van der Waals surface area contributed by atoms with Crippen LogP contribution in [0.2, 0.25) is 0 Å². The summed E-state index contributed by atoms with van der Waals surface area (Å²) in [4.78, 5) is 4.12. The van der Waals surface area contributed by atoms with Crippen molar-refractivity contribution in [2.45, 2.75) is 50.2 Å². The van der Waals surface area contributed by atoms with Gasteiger partial charge in [-0.1, -0.05) is 19.0 Å². The van der Waals surface area contributed by atoms with Gasteiger partial charge in [-0.2, -0.15) is 4.98 Å². The lowest BCUT2D eigenvalue weighted by Crippen LogP contribution is -2.23. The van der Waals surface area contributed by atoms with Gasteiger partial charge in [-0.15, -0.1) is 10.2 Å². The largest absolute Gasteiger partial charge is 0.438 e. The smallest absolute Gasteiger partial charge is 0.283 e. The highest BCUT2D eigenvalue weighted by molar-refractivity contribution is 7.89. The maximum atomic E-state index is 12.4. The van der Waals surface area contributed by atoms with E-state index in [1.165, 1.54) is 12.1 Å². The number of hydrogen-bond acceptors (Lipinski definition) is 9. The number of sulfonamides is 1. The normalized spacial score (nSPS) is 15.0.